The average molecular weight is 334 g/mol. The van der Waals surface area contributed by atoms with E-state index in [9.17, 15) is 9.90 Å². The second kappa shape index (κ2) is 9.04. The quantitative estimate of drug-likeness (QED) is 0.741. The molecular weight excluding hydrogens is 304 g/mol. The lowest BCUT2D eigenvalue weighted by atomic mass is 10.0. The van der Waals surface area contributed by atoms with Crippen molar-refractivity contribution in [1.29, 1.82) is 0 Å². The van der Waals surface area contributed by atoms with E-state index in [0.29, 0.717) is 6.61 Å². The monoisotopic (exact) mass is 334 g/mol. The van der Waals surface area contributed by atoms with Gasteiger partial charge in [0.05, 0.1) is 6.61 Å². The van der Waals surface area contributed by atoms with Crippen LogP contribution in [0.3, 0.4) is 0 Å². The van der Waals surface area contributed by atoms with E-state index < -0.39 is 12.0 Å². The SMILES string of the molecule is CCCCCOc1ccc(C(C(=O)O)N2CCN(C)CC2C)cc1. The number of carboxylic acids is 1. The van der Waals surface area contributed by atoms with Crippen LogP contribution in [-0.2, 0) is 4.79 Å². The lowest BCUT2D eigenvalue weighted by molar-refractivity contribution is -0.145. The van der Waals surface area contributed by atoms with Crippen LogP contribution in [0.5, 0.6) is 5.75 Å². The highest BCUT2D eigenvalue weighted by molar-refractivity contribution is 5.75. The first-order valence-corrected chi connectivity index (χ1v) is 8.92. The van der Waals surface area contributed by atoms with Gasteiger partial charge in [-0.3, -0.25) is 9.69 Å². The van der Waals surface area contributed by atoms with Gasteiger partial charge in [0.1, 0.15) is 11.8 Å². The Kier molecular flexibility index (Phi) is 7.06. The van der Waals surface area contributed by atoms with Crippen LogP contribution in [0.2, 0.25) is 0 Å². The zero-order chi connectivity index (χ0) is 17.5. The van der Waals surface area contributed by atoms with Crippen molar-refractivity contribution in [3.63, 3.8) is 0 Å². The van der Waals surface area contributed by atoms with Crippen molar-refractivity contribution in [3.05, 3.63) is 29.8 Å². The van der Waals surface area contributed by atoms with Crippen molar-refractivity contribution in [2.24, 2.45) is 0 Å². The number of benzene rings is 1. The summed E-state index contributed by atoms with van der Waals surface area (Å²) in [5.74, 6) is 0.0217. The molecule has 5 heteroatoms. The zero-order valence-electron chi connectivity index (χ0n) is 15.1. The first-order valence-electron chi connectivity index (χ1n) is 8.92. The van der Waals surface area contributed by atoms with Crippen LogP contribution in [0, 0.1) is 0 Å². The maximum absolute atomic E-state index is 11.9. The van der Waals surface area contributed by atoms with Gasteiger partial charge in [-0.15, -0.1) is 0 Å². The van der Waals surface area contributed by atoms with Crippen molar-refractivity contribution in [1.82, 2.24) is 9.80 Å². The number of carboxylic acid groups (broad SMARTS) is 1. The van der Waals surface area contributed by atoms with Crippen LogP contribution in [-0.4, -0.2) is 60.2 Å². The maximum Gasteiger partial charge on any atom is 0.325 e. The van der Waals surface area contributed by atoms with Crippen LogP contribution >= 0.6 is 0 Å². The molecule has 0 bridgehead atoms. The zero-order valence-corrected chi connectivity index (χ0v) is 15.1. The fourth-order valence-electron chi connectivity index (χ4n) is 3.30. The predicted molar refractivity (Wildman–Crippen MR) is 95.5 cm³/mol. The van der Waals surface area contributed by atoms with E-state index in [-0.39, 0.29) is 6.04 Å². The minimum atomic E-state index is -0.789. The summed E-state index contributed by atoms with van der Waals surface area (Å²) in [6.07, 6.45) is 3.39. The normalized spacial score (nSPS) is 20.7. The van der Waals surface area contributed by atoms with Crippen molar-refractivity contribution >= 4 is 5.97 Å². The predicted octanol–water partition coefficient (Wildman–Crippen LogP) is 3.02. The molecule has 1 saturated heterocycles. The van der Waals surface area contributed by atoms with Crippen molar-refractivity contribution in [3.8, 4) is 5.75 Å². The van der Waals surface area contributed by atoms with Gasteiger partial charge in [-0.25, -0.2) is 0 Å². The number of ether oxygens (including phenoxy) is 1. The Hall–Kier alpha value is -1.59. The number of carbonyl (C=O) groups is 1. The molecule has 24 heavy (non-hydrogen) atoms. The minimum Gasteiger partial charge on any atom is -0.494 e. The largest absolute Gasteiger partial charge is 0.494 e. The van der Waals surface area contributed by atoms with Crippen LogP contribution in [0.1, 0.15) is 44.7 Å². The van der Waals surface area contributed by atoms with E-state index in [1.54, 1.807) is 0 Å². The minimum absolute atomic E-state index is 0.217. The average Bonchev–Trinajstić information content (AvgIpc) is 2.55. The Balaban J connectivity index is 2.04. The molecule has 1 heterocycles. The molecule has 0 spiro atoms. The second-order valence-electron chi connectivity index (χ2n) is 6.71. The number of unbranched alkanes of at least 4 members (excludes halogenated alkanes) is 2. The molecule has 1 aliphatic rings. The topological polar surface area (TPSA) is 53.0 Å². The number of likely N-dealkylation sites (N-methyl/N-ethyl adjacent to an activating group) is 1. The van der Waals surface area contributed by atoms with Crippen LogP contribution in [0.4, 0.5) is 0 Å². The van der Waals surface area contributed by atoms with Gasteiger partial charge in [-0.2, -0.15) is 0 Å². The molecule has 0 saturated carbocycles. The van der Waals surface area contributed by atoms with Gasteiger partial charge in [-0.1, -0.05) is 31.9 Å². The highest BCUT2D eigenvalue weighted by Gasteiger charge is 2.33. The van der Waals surface area contributed by atoms with Crippen molar-refractivity contribution in [2.45, 2.75) is 45.2 Å². The molecule has 1 aromatic rings. The van der Waals surface area contributed by atoms with Gasteiger partial charge < -0.3 is 14.7 Å². The molecule has 0 radical (unpaired) electrons. The Bertz CT molecular complexity index is 518. The Labute approximate surface area is 145 Å². The number of nitrogens with zero attached hydrogens (tertiary/aromatic N) is 2. The van der Waals surface area contributed by atoms with Crippen LogP contribution in [0.25, 0.3) is 0 Å². The third-order valence-corrected chi connectivity index (χ3v) is 4.66. The highest BCUT2D eigenvalue weighted by Crippen LogP contribution is 2.27. The molecule has 1 fully saturated rings. The van der Waals surface area contributed by atoms with Crippen LogP contribution in [0.15, 0.2) is 24.3 Å². The fraction of sp³-hybridized carbons (Fsp3) is 0.632. The van der Waals surface area contributed by atoms with Gasteiger partial charge in [0.2, 0.25) is 0 Å². The maximum atomic E-state index is 11.9. The first-order chi connectivity index (χ1) is 11.5. The van der Waals surface area contributed by atoms with Crippen molar-refractivity contribution in [2.75, 3.05) is 33.3 Å². The molecule has 2 rings (SSSR count). The lowest BCUT2D eigenvalue weighted by Gasteiger charge is -2.41. The molecule has 5 nitrogen and oxygen atoms in total. The highest BCUT2D eigenvalue weighted by atomic mass is 16.5. The van der Waals surface area contributed by atoms with Crippen LogP contribution < -0.4 is 4.74 Å². The fourth-order valence-corrected chi connectivity index (χ4v) is 3.30. The summed E-state index contributed by atoms with van der Waals surface area (Å²) in [5, 5.41) is 9.75. The molecule has 0 amide bonds. The third kappa shape index (κ3) is 4.95. The Morgan fingerprint density at radius 1 is 1.29 bits per heavy atom. The van der Waals surface area contributed by atoms with Gasteiger partial charge >= 0.3 is 5.97 Å². The van der Waals surface area contributed by atoms with Gasteiger partial charge in [0.15, 0.2) is 0 Å². The lowest BCUT2D eigenvalue weighted by Crippen LogP contribution is -2.53. The van der Waals surface area contributed by atoms with E-state index in [1.165, 1.54) is 12.8 Å². The number of hydrogen-bond donors (Lipinski definition) is 1. The summed E-state index contributed by atoms with van der Waals surface area (Å²) in [7, 11) is 2.08. The summed E-state index contributed by atoms with van der Waals surface area (Å²) in [4.78, 5) is 16.2. The van der Waals surface area contributed by atoms with Gasteiger partial charge in [-0.05, 0) is 38.1 Å². The van der Waals surface area contributed by atoms with Gasteiger partial charge in [0.25, 0.3) is 0 Å². The molecular formula is C19H30N2O3. The molecule has 2 atom stereocenters. The number of hydrogen-bond acceptors (Lipinski definition) is 4. The van der Waals surface area contributed by atoms with E-state index in [0.717, 1.165) is 37.4 Å². The first kappa shape index (κ1) is 18.7. The molecule has 0 aromatic heterocycles. The summed E-state index contributed by atoms with van der Waals surface area (Å²) < 4.78 is 5.72. The Morgan fingerprint density at radius 3 is 2.58 bits per heavy atom. The molecule has 1 aliphatic heterocycles. The standard InChI is InChI=1S/C19H30N2O3/c1-4-5-6-13-24-17-9-7-16(8-10-17)18(19(22)23)21-12-11-20(3)14-15(21)2/h7-10,15,18H,4-6,11-14H2,1-3H3,(H,22,23). The summed E-state index contributed by atoms with van der Waals surface area (Å²) in [5.41, 5.74) is 0.819. The van der Waals surface area contributed by atoms with Gasteiger partial charge in [0, 0.05) is 25.7 Å². The molecule has 1 N–H and O–H groups in total. The molecule has 0 aliphatic carbocycles. The second-order valence-corrected chi connectivity index (χ2v) is 6.71. The van der Waals surface area contributed by atoms with E-state index in [4.69, 9.17) is 4.74 Å². The molecule has 2 unspecified atom stereocenters. The summed E-state index contributed by atoms with van der Waals surface area (Å²) in [6.45, 7) is 7.53. The summed E-state index contributed by atoms with van der Waals surface area (Å²) in [6, 6.07) is 7.17. The third-order valence-electron chi connectivity index (χ3n) is 4.66. The molecule has 1 aromatic carbocycles. The Morgan fingerprint density at radius 2 is 2.00 bits per heavy atom. The smallest absolute Gasteiger partial charge is 0.325 e. The number of aliphatic carboxylic acids is 1. The number of rotatable bonds is 8. The van der Waals surface area contributed by atoms with E-state index in [2.05, 4.69) is 30.7 Å². The van der Waals surface area contributed by atoms with Crippen molar-refractivity contribution < 1.29 is 14.6 Å². The molecule has 134 valence electrons. The number of piperazine rings is 1. The van der Waals surface area contributed by atoms with E-state index in [1.807, 2.05) is 24.3 Å². The van der Waals surface area contributed by atoms with E-state index >= 15 is 0 Å². The summed E-state index contributed by atoms with van der Waals surface area (Å²) >= 11 is 0.